The number of nitrogen functional groups attached to an aromatic ring is 1. The second-order valence-corrected chi connectivity index (χ2v) is 9.00. The van der Waals surface area contributed by atoms with Crippen LogP contribution in [0.15, 0.2) is 60.0 Å². The summed E-state index contributed by atoms with van der Waals surface area (Å²) in [5.74, 6) is -0.833. The minimum absolute atomic E-state index is 0.0175. The van der Waals surface area contributed by atoms with E-state index in [9.17, 15) is 17.6 Å². The molecule has 0 amide bonds. The maximum absolute atomic E-state index is 13.3. The summed E-state index contributed by atoms with van der Waals surface area (Å²) >= 11 is 0. The van der Waals surface area contributed by atoms with Crippen LogP contribution in [0, 0.1) is 5.82 Å². The zero-order valence-corrected chi connectivity index (χ0v) is 18.0. The molecule has 0 aliphatic carbocycles. The van der Waals surface area contributed by atoms with Crippen molar-refractivity contribution < 1.29 is 17.6 Å². The fourth-order valence-electron chi connectivity index (χ4n) is 3.27. The summed E-state index contributed by atoms with van der Waals surface area (Å²) in [6.07, 6.45) is 4.31. The van der Waals surface area contributed by atoms with Crippen molar-refractivity contribution in [3.05, 3.63) is 72.1 Å². The highest BCUT2D eigenvalue weighted by Crippen LogP contribution is 2.29. The Morgan fingerprint density at radius 3 is 2.53 bits per heavy atom. The van der Waals surface area contributed by atoms with E-state index >= 15 is 0 Å². The molecule has 4 rings (SSSR count). The Morgan fingerprint density at radius 1 is 1.12 bits per heavy atom. The number of hydrogen-bond donors (Lipinski definition) is 2. The van der Waals surface area contributed by atoms with Crippen LogP contribution in [0.25, 0.3) is 11.0 Å². The van der Waals surface area contributed by atoms with Crippen LogP contribution < -0.4 is 10.5 Å². The summed E-state index contributed by atoms with van der Waals surface area (Å²) in [5, 5.41) is 0.427. The molecule has 11 heteroatoms. The van der Waals surface area contributed by atoms with Gasteiger partial charge >= 0.3 is 0 Å². The van der Waals surface area contributed by atoms with Gasteiger partial charge in [0.2, 0.25) is 0 Å². The highest BCUT2D eigenvalue weighted by atomic mass is 32.2. The lowest BCUT2D eigenvalue weighted by molar-refractivity contribution is 0.104. The van der Waals surface area contributed by atoms with Crippen molar-refractivity contribution in [1.82, 2.24) is 19.5 Å². The van der Waals surface area contributed by atoms with Crippen LogP contribution in [-0.4, -0.2) is 33.7 Å². The van der Waals surface area contributed by atoms with Crippen molar-refractivity contribution in [2.75, 3.05) is 10.5 Å². The summed E-state index contributed by atoms with van der Waals surface area (Å²) < 4.78 is 42.4. The number of rotatable bonds is 6. The zero-order chi connectivity index (χ0) is 23.0. The predicted octanol–water partition coefficient (Wildman–Crippen LogP) is 3.16. The second-order valence-electron chi connectivity index (χ2n) is 7.32. The lowest BCUT2D eigenvalue weighted by Gasteiger charge is -2.08. The Kier molecular flexibility index (Phi) is 5.35. The standard InChI is InChI=1S/C21H19FN6O3S/c1-12(2)28-10-16(18-20(23)25-11-26-21(18)28)19(29)13-7-8-24-17(9-13)27-32(30,31)15-5-3-14(22)4-6-15/h3-12H,1-2H3,(H,24,27)(H2,23,25,26). The lowest BCUT2D eigenvalue weighted by Crippen LogP contribution is -2.14. The number of halogens is 1. The van der Waals surface area contributed by atoms with Gasteiger partial charge in [0, 0.05) is 24.0 Å². The number of carbonyl (C=O) groups is 1. The highest BCUT2D eigenvalue weighted by molar-refractivity contribution is 7.92. The molecule has 3 N–H and O–H groups in total. The van der Waals surface area contributed by atoms with Crippen molar-refractivity contribution >= 4 is 38.5 Å². The van der Waals surface area contributed by atoms with E-state index in [0.29, 0.717) is 16.6 Å². The maximum Gasteiger partial charge on any atom is 0.263 e. The molecule has 0 saturated carbocycles. The third kappa shape index (κ3) is 3.89. The number of pyridine rings is 1. The van der Waals surface area contributed by atoms with Gasteiger partial charge in [0.05, 0.1) is 15.8 Å². The molecule has 0 atom stereocenters. The Hall–Kier alpha value is -3.86. The van der Waals surface area contributed by atoms with E-state index in [1.165, 1.54) is 24.7 Å². The molecular formula is C21H19FN6O3S. The van der Waals surface area contributed by atoms with Crippen LogP contribution in [0.1, 0.15) is 35.8 Å². The molecule has 9 nitrogen and oxygen atoms in total. The Labute approximate surface area is 183 Å². The molecule has 0 unspecified atom stereocenters. The molecule has 0 bridgehead atoms. The molecule has 164 valence electrons. The van der Waals surface area contributed by atoms with Gasteiger partial charge in [-0.2, -0.15) is 0 Å². The fraction of sp³-hybridized carbons (Fsp3) is 0.143. The second kappa shape index (κ2) is 8.00. The number of aromatic nitrogens is 4. The van der Waals surface area contributed by atoms with E-state index in [1.54, 1.807) is 6.20 Å². The minimum Gasteiger partial charge on any atom is -0.383 e. The van der Waals surface area contributed by atoms with Gasteiger partial charge < -0.3 is 10.3 Å². The Bertz CT molecular complexity index is 1430. The highest BCUT2D eigenvalue weighted by Gasteiger charge is 2.22. The summed E-state index contributed by atoms with van der Waals surface area (Å²) in [7, 11) is -4.02. The van der Waals surface area contributed by atoms with Gasteiger partial charge in [-0.15, -0.1) is 0 Å². The Balaban J connectivity index is 1.71. The molecule has 4 aromatic rings. The number of nitrogens with zero attached hydrogens (tertiary/aromatic N) is 4. The lowest BCUT2D eigenvalue weighted by atomic mass is 10.0. The molecular weight excluding hydrogens is 435 g/mol. The van der Waals surface area contributed by atoms with Gasteiger partial charge in [-0.25, -0.2) is 27.8 Å². The largest absolute Gasteiger partial charge is 0.383 e. The van der Waals surface area contributed by atoms with Crippen molar-refractivity contribution in [2.45, 2.75) is 24.8 Å². The molecule has 32 heavy (non-hydrogen) atoms. The average molecular weight is 454 g/mol. The van der Waals surface area contributed by atoms with Crippen LogP contribution in [0.2, 0.25) is 0 Å². The SMILES string of the molecule is CC(C)n1cc(C(=O)c2ccnc(NS(=O)(=O)c3ccc(F)cc3)c2)c2c(N)ncnc21. The fourth-order valence-corrected chi connectivity index (χ4v) is 4.27. The molecule has 1 aromatic carbocycles. The number of sulfonamides is 1. The molecule has 3 heterocycles. The van der Waals surface area contributed by atoms with Crippen LogP contribution in [0.3, 0.4) is 0 Å². The van der Waals surface area contributed by atoms with Crippen molar-refractivity contribution in [2.24, 2.45) is 0 Å². The van der Waals surface area contributed by atoms with Gasteiger partial charge in [0.25, 0.3) is 10.0 Å². The van der Waals surface area contributed by atoms with E-state index in [2.05, 4.69) is 19.7 Å². The predicted molar refractivity (Wildman–Crippen MR) is 117 cm³/mol. The number of nitrogens with one attached hydrogen (secondary N) is 1. The number of nitrogens with two attached hydrogens (primary N) is 1. The van der Waals surface area contributed by atoms with Crippen molar-refractivity contribution in [3.63, 3.8) is 0 Å². The van der Waals surface area contributed by atoms with Crippen LogP contribution in [-0.2, 0) is 10.0 Å². The summed E-state index contributed by atoms with van der Waals surface area (Å²) in [6, 6.07) is 7.16. The van der Waals surface area contributed by atoms with Gasteiger partial charge in [-0.05, 0) is 50.2 Å². The number of carbonyl (C=O) groups excluding carboxylic acids is 1. The molecule has 3 aromatic heterocycles. The average Bonchev–Trinajstić information content (AvgIpc) is 3.15. The van der Waals surface area contributed by atoms with Crippen molar-refractivity contribution in [1.29, 1.82) is 0 Å². The topological polar surface area (TPSA) is 133 Å². The zero-order valence-electron chi connectivity index (χ0n) is 17.2. The van der Waals surface area contributed by atoms with E-state index < -0.39 is 15.8 Å². The first kappa shape index (κ1) is 21.4. The Morgan fingerprint density at radius 2 is 1.84 bits per heavy atom. The van der Waals surface area contributed by atoms with E-state index in [0.717, 1.165) is 24.3 Å². The van der Waals surface area contributed by atoms with Crippen LogP contribution in [0.5, 0.6) is 0 Å². The minimum atomic E-state index is -4.02. The molecule has 0 aliphatic rings. The van der Waals surface area contributed by atoms with E-state index in [-0.39, 0.29) is 33.9 Å². The quantitative estimate of drug-likeness (QED) is 0.428. The molecule has 0 saturated heterocycles. The first-order valence-electron chi connectivity index (χ1n) is 9.57. The number of hydrogen-bond acceptors (Lipinski definition) is 7. The number of anilines is 2. The summed E-state index contributed by atoms with van der Waals surface area (Å²) in [6.45, 7) is 3.89. The molecule has 0 radical (unpaired) electrons. The number of ketones is 1. The first-order valence-corrected chi connectivity index (χ1v) is 11.1. The number of benzene rings is 1. The van der Waals surface area contributed by atoms with Crippen LogP contribution >= 0.6 is 0 Å². The molecule has 0 aliphatic heterocycles. The van der Waals surface area contributed by atoms with E-state index in [4.69, 9.17) is 5.73 Å². The van der Waals surface area contributed by atoms with Gasteiger partial charge in [-0.1, -0.05) is 0 Å². The van der Waals surface area contributed by atoms with Crippen LogP contribution in [0.4, 0.5) is 16.0 Å². The maximum atomic E-state index is 13.3. The third-order valence-corrected chi connectivity index (χ3v) is 6.20. The summed E-state index contributed by atoms with van der Waals surface area (Å²) in [4.78, 5) is 25.4. The molecule has 0 fully saturated rings. The smallest absolute Gasteiger partial charge is 0.263 e. The van der Waals surface area contributed by atoms with Gasteiger partial charge in [0.15, 0.2) is 5.78 Å². The monoisotopic (exact) mass is 454 g/mol. The van der Waals surface area contributed by atoms with Gasteiger partial charge in [0.1, 0.15) is 29.4 Å². The molecule has 0 spiro atoms. The van der Waals surface area contributed by atoms with Gasteiger partial charge in [-0.3, -0.25) is 9.52 Å². The third-order valence-electron chi connectivity index (χ3n) is 4.82. The van der Waals surface area contributed by atoms with E-state index in [1.807, 2.05) is 18.4 Å². The number of fused-ring (bicyclic) bond motifs is 1. The normalized spacial score (nSPS) is 11.8. The van der Waals surface area contributed by atoms with Crippen molar-refractivity contribution in [3.8, 4) is 0 Å². The summed E-state index contributed by atoms with van der Waals surface area (Å²) in [5.41, 5.74) is 7.05. The first-order chi connectivity index (χ1) is 15.2.